The lowest BCUT2D eigenvalue weighted by molar-refractivity contribution is -0.114. The molecule has 2 rings (SSSR count). The summed E-state index contributed by atoms with van der Waals surface area (Å²) in [5.41, 5.74) is 0. The van der Waals surface area contributed by atoms with Crippen LogP contribution in [0.3, 0.4) is 0 Å². The van der Waals surface area contributed by atoms with Crippen molar-refractivity contribution in [1.82, 2.24) is 4.90 Å². The van der Waals surface area contributed by atoms with E-state index in [1.54, 1.807) is 0 Å². The minimum atomic E-state index is -0.273. The molecule has 1 aliphatic carbocycles. The van der Waals surface area contributed by atoms with Gasteiger partial charge in [-0.2, -0.15) is 0 Å². The molecular formula is C16H31NO2. The summed E-state index contributed by atoms with van der Waals surface area (Å²) in [4.78, 5) is 2.44. The van der Waals surface area contributed by atoms with Crippen LogP contribution in [0.1, 0.15) is 46.5 Å². The van der Waals surface area contributed by atoms with Gasteiger partial charge in [-0.05, 0) is 50.0 Å². The van der Waals surface area contributed by atoms with Crippen LogP contribution in [0.25, 0.3) is 0 Å². The molecule has 0 radical (unpaired) electrons. The Morgan fingerprint density at radius 2 is 1.89 bits per heavy atom. The predicted octanol–water partition coefficient (Wildman–Crippen LogP) is 2.53. The Balaban J connectivity index is 1.89. The molecule has 0 amide bonds. The van der Waals surface area contributed by atoms with Crippen molar-refractivity contribution < 1.29 is 9.84 Å². The molecule has 112 valence electrons. The van der Waals surface area contributed by atoms with E-state index in [1.807, 2.05) is 0 Å². The molecule has 3 heteroatoms. The van der Waals surface area contributed by atoms with E-state index >= 15 is 0 Å². The van der Waals surface area contributed by atoms with Crippen LogP contribution in [0.15, 0.2) is 0 Å². The Bertz CT molecular complexity index is 259. The molecule has 1 N–H and O–H groups in total. The first-order valence-corrected chi connectivity index (χ1v) is 8.12. The summed E-state index contributed by atoms with van der Waals surface area (Å²) in [7, 11) is 0. The number of aliphatic hydroxyl groups excluding tert-OH is 1. The maximum atomic E-state index is 10.7. The SMILES string of the molecule is CCCN1CCOC(C(O)C2CC(C)CC(C)C2)C1. The molecule has 0 aromatic heterocycles. The fraction of sp³-hybridized carbons (Fsp3) is 1.00. The number of nitrogens with zero attached hydrogens (tertiary/aromatic N) is 1. The van der Waals surface area contributed by atoms with Gasteiger partial charge in [-0.15, -0.1) is 0 Å². The summed E-state index contributed by atoms with van der Waals surface area (Å²) in [6, 6.07) is 0. The maximum Gasteiger partial charge on any atom is 0.0963 e. The number of hydrogen-bond donors (Lipinski definition) is 1. The largest absolute Gasteiger partial charge is 0.390 e. The van der Waals surface area contributed by atoms with Crippen LogP contribution in [-0.2, 0) is 4.74 Å². The summed E-state index contributed by atoms with van der Waals surface area (Å²) >= 11 is 0. The van der Waals surface area contributed by atoms with Gasteiger partial charge in [0, 0.05) is 13.1 Å². The highest BCUT2D eigenvalue weighted by molar-refractivity contribution is 4.86. The zero-order chi connectivity index (χ0) is 13.8. The standard InChI is InChI=1S/C16H31NO2/c1-4-5-17-6-7-19-15(11-17)16(18)14-9-12(2)8-13(3)10-14/h12-16,18H,4-11H2,1-3H3. The highest BCUT2D eigenvalue weighted by Crippen LogP contribution is 2.36. The van der Waals surface area contributed by atoms with Gasteiger partial charge in [-0.1, -0.05) is 20.8 Å². The Morgan fingerprint density at radius 1 is 1.21 bits per heavy atom. The molecule has 0 spiro atoms. The molecular weight excluding hydrogens is 238 g/mol. The Hall–Kier alpha value is -0.120. The third kappa shape index (κ3) is 4.17. The lowest BCUT2D eigenvalue weighted by Gasteiger charge is -2.41. The number of rotatable bonds is 4. The summed E-state index contributed by atoms with van der Waals surface area (Å²) < 4.78 is 5.85. The van der Waals surface area contributed by atoms with Crippen LogP contribution in [-0.4, -0.2) is 48.5 Å². The molecule has 1 saturated heterocycles. The zero-order valence-corrected chi connectivity index (χ0v) is 12.8. The van der Waals surface area contributed by atoms with E-state index in [-0.39, 0.29) is 12.2 Å². The zero-order valence-electron chi connectivity index (χ0n) is 12.8. The molecule has 0 aromatic carbocycles. The second-order valence-corrected chi connectivity index (χ2v) is 6.88. The lowest BCUT2D eigenvalue weighted by Crippen LogP contribution is -2.50. The topological polar surface area (TPSA) is 32.7 Å². The second-order valence-electron chi connectivity index (χ2n) is 6.88. The number of hydrogen-bond acceptors (Lipinski definition) is 3. The molecule has 4 unspecified atom stereocenters. The average molecular weight is 269 g/mol. The first kappa shape index (κ1) is 15.3. The van der Waals surface area contributed by atoms with Gasteiger partial charge in [-0.3, -0.25) is 4.90 Å². The molecule has 19 heavy (non-hydrogen) atoms. The third-order valence-corrected chi connectivity index (χ3v) is 4.80. The molecule has 2 aliphatic rings. The molecule has 1 saturated carbocycles. The van der Waals surface area contributed by atoms with Gasteiger partial charge in [0.15, 0.2) is 0 Å². The fourth-order valence-electron chi connectivity index (χ4n) is 4.05. The predicted molar refractivity (Wildman–Crippen MR) is 78.1 cm³/mol. The van der Waals surface area contributed by atoms with Crippen molar-refractivity contribution in [2.45, 2.75) is 58.7 Å². The first-order chi connectivity index (χ1) is 9.10. The van der Waals surface area contributed by atoms with E-state index in [9.17, 15) is 5.11 Å². The van der Waals surface area contributed by atoms with Crippen molar-refractivity contribution in [3.63, 3.8) is 0 Å². The number of morpholine rings is 1. The van der Waals surface area contributed by atoms with Gasteiger partial charge >= 0.3 is 0 Å². The van der Waals surface area contributed by atoms with Gasteiger partial charge in [0.05, 0.1) is 18.8 Å². The maximum absolute atomic E-state index is 10.7. The monoisotopic (exact) mass is 269 g/mol. The molecule has 2 fully saturated rings. The van der Waals surface area contributed by atoms with Gasteiger partial charge in [0.1, 0.15) is 0 Å². The Kier molecular flexibility index (Phi) is 5.67. The smallest absolute Gasteiger partial charge is 0.0963 e. The summed E-state index contributed by atoms with van der Waals surface area (Å²) in [6.07, 6.45) is 4.59. The van der Waals surface area contributed by atoms with Gasteiger partial charge in [0.25, 0.3) is 0 Å². The molecule has 3 nitrogen and oxygen atoms in total. The second kappa shape index (κ2) is 7.05. The van der Waals surface area contributed by atoms with Crippen LogP contribution >= 0.6 is 0 Å². The minimum Gasteiger partial charge on any atom is -0.390 e. The number of ether oxygens (including phenoxy) is 1. The van der Waals surface area contributed by atoms with E-state index in [0.717, 1.165) is 38.1 Å². The van der Waals surface area contributed by atoms with Crippen LogP contribution in [0.5, 0.6) is 0 Å². The Morgan fingerprint density at radius 3 is 2.53 bits per heavy atom. The van der Waals surface area contributed by atoms with Crippen LogP contribution in [0.2, 0.25) is 0 Å². The molecule has 0 bridgehead atoms. The third-order valence-electron chi connectivity index (χ3n) is 4.80. The summed E-state index contributed by atoms with van der Waals surface area (Å²) in [6.45, 7) is 10.7. The van der Waals surface area contributed by atoms with Crippen molar-refractivity contribution in [3.05, 3.63) is 0 Å². The minimum absolute atomic E-state index is 0.0304. The van der Waals surface area contributed by atoms with Crippen LogP contribution in [0, 0.1) is 17.8 Å². The van der Waals surface area contributed by atoms with Crippen molar-refractivity contribution in [1.29, 1.82) is 0 Å². The first-order valence-electron chi connectivity index (χ1n) is 8.12. The molecule has 0 aromatic rings. The van der Waals surface area contributed by atoms with E-state index in [2.05, 4.69) is 25.7 Å². The normalized spacial score (nSPS) is 39.2. The molecule has 4 atom stereocenters. The van der Waals surface area contributed by atoms with Gasteiger partial charge < -0.3 is 9.84 Å². The van der Waals surface area contributed by atoms with Crippen molar-refractivity contribution >= 4 is 0 Å². The molecule has 1 aliphatic heterocycles. The van der Waals surface area contributed by atoms with Crippen molar-refractivity contribution in [3.8, 4) is 0 Å². The average Bonchev–Trinajstić information content (AvgIpc) is 2.37. The summed E-state index contributed by atoms with van der Waals surface area (Å²) in [5.74, 6) is 1.93. The highest BCUT2D eigenvalue weighted by Gasteiger charge is 2.35. The van der Waals surface area contributed by atoms with E-state index < -0.39 is 0 Å². The highest BCUT2D eigenvalue weighted by atomic mass is 16.5. The van der Waals surface area contributed by atoms with Crippen LogP contribution in [0.4, 0.5) is 0 Å². The summed E-state index contributed by atoms with van der Waals surface area (Å²) in [5, 5.41) is 10.7. The van der Waals surface area contributed by atoms with Gasteiger partial charge in [0.2, 0.25) is 0 Å². The number of aliphatic hydroxyl groups is 1. The van der Waals surface area contributed by atoms with Crippen molar-refractivity contribution in [2.24, 2.45) is 17.8 Å². The van der Waals surface area contributed by atoms with E-state index in [1.165, 1.54) is 25.7 Å². The van der Waals surface area contributed by atoms with Crippen molar-refractivity contribution in [2.75, 3.05) is 26.2 Å². The van der Waals surface area contributed by atoms with Crippen LogP contribution < -0.4 is 0 Å². The fourth-order valence-corrected chi connectivity index (χ4v) is 4.05. The van der Waals surface area contributed by atoms with E-state index in [0.29, 0.717) is 5.92 Å². The quantitative estimate of drug-likeness (QED) is 0.851. The van der Waals surface area contributed by atoms with Gasteiger partial charge in [-0.25, -0.2) is 0 Å². The van der Waals surface area contributed by atoms with E-state index in [4.69, 9.17) is 4.74 Å². The lowest BCUT2D eigenvalue weighted by atomic mass is 9.73. The Labute approximate surface area is 118 Å². The molecule has 1 heterocycles.